The Morgan fingerprint density at radius 1 is 1.12 bits per heavy atom. The monoisotopic (exact) mass is 435 g/mol. The fourth-order valence-corrected chi connectivity index (χ4v) is 4.79. The number of amides is 2. The summed E-state index contributed by atoms with van der Waals surface area (Å²) in [5.41, 5.74) is 2.70. The van der Waals surface area contributed by atoms with Crippen LogP contribution in [0.1, 0.15) is 48.5 Å². The molecule has 4 rings (SSSR count). The van der Waals surface area contributed by atoms with E-state index in [-0.39, 0.29) is 23.3 Å². The first-order valence-corrected chi connectivity index (χ1v) is 11.0. The van der Waals surface area contributed by atoms with Crippen molar-refractivity contribution < 1.29 is 14.7 Å². The molecule has 168 valence electrons. The first-order valence-electron chi connectivity index (χ1n) is 11.0. The molecule has 1 aromatic heterocycles. The highest BCUT2D eigenvalue weighted by Crippen LogP contribution is 2.39. The lowest BCUT2D eigenvalue weighted by Gasteiger charge is -2.34. The van der Waals surface area contributed by atoms with Crippen LogP contribution in [0.4, 0.5) is 0 Å². The number of aliphatic hydroxyl groups excluding tert-OH is 1. The molecule has 8 nitrogen and oxygen atoms in total. The first kappa shape index (κ1) is 22.0. The Hall–Kier alpha value is -3.26. The van der Waals surface area contributed by atoms with Gasteiger partial charge in [0.15, 0.2) is 0 Å². The number of H-pyrrole nitrogens is 1. The summed E-state index contributed by atoms with van der Waals surface area (Å²) in [4.78, 5) is 26.5. The minimum absolute atomic E-state index is 0.0720. The Kier molecular flexibility index (Phi) is 6.23. The number of aromatic nitrogens is 3. The van der Waals surface area contributed by atoms with Gasteiger partial charge in [-0.05, 0) is 49.4 Å². The topological polar surface area (TPSA) is 111 Å². The zero-order valence-electron chi connectivity index (χ0n) is 18.4. The molecular formula is C24H29N5O3. The van der Waals surface area contributed by atoms with E-state index in [0.717, 1.165) is 18.4 Å². The van der Waals surface area contributed by atoms with Crippen LogP contribution in [0.15, 0.2) is 48.5 Å². The third-order valence-electron chi connectivity index (χ3n) is 6.72. The maximum atomic E-state index is 13.2. The van der Waals surface area contributed by atoms with E-state index in [0.29, 0.717) is 36.0 Å². The molecule has 1 aliphatic rings. The largest absolute Gasteiger partial charge is 0.391 e. The van der Waals surface area contributed by atoms with Crippen LogP contribution in [0.3, 0.4) is 0 Å². The second-order valence-corrected chi connectivity index (χ2v) is 8.71. The fraction of sp³-hybridized carbons (Fsp3) is 0.417. The van der Waals surface area contributed by atoms with Gasteiger partial charge in [0, 0.05) is 31.5 Å². The molecule has 2 amide bonds. The van der Waals surface area contributed by atoms with E-state index in [4.69, 9.17) is 0 Å². The number of carbonyl (C=O) groups excluding carboxylic acids is 2. The molecule has 2 aromatic carbocycles. The number of likely N-dealkylation sites (N-methyl/N-ethyl adjacent to an activating group) is 1. The standard InChI is InChI=1S/C24H29N5O3/c1-16(30)25-15-24(18-6-4-3-5-7-18)12-10-21(22(31)11-13-24)29(2)23(32)17-8-9-19-20(14-17)27-28-26-19/h3-9,14,21-22,31H,10-13,15H2,1-2H3,(H,25,30)(H,26,27,28)/t21-,22-,24+/m0/s1. The number of rotatable bonds is 5. The van der Waals surface area contributed by atoms with Crippen molar-refractivity contribution in [3.05, 3.63) is 59.7 Å². The normalized spacial score (nSPS) is 23.5. The molecule has 0 aliphatic heterocycles. The Labute approximate surface area is 187 Å². The molecule has 1 saturated carbocycles. The van der Waals surface area contributed by atoms with Crippen LogP contribution in [0, 0.1) is 0 Å². The molecule has 0 spiro atoms. The number of fused-ring (bicyclic) bond motifs is 1. The predicted octanol–water partition coefficient (Wildman–Crippen LogP) is 2.41. The second kappa shape index (κ2) is 9.08. The van der Waals surface area contributed by atoms with E-state index in [2.05, 4.69) is 32.9 Å². The van der Waals surface area contributed by atoms with Crippen molar-refractivity contribution in [2.45, 2.75) is 50.2 Å². The Morgan fingerprint density at radius 2 is 1.84 bits per heavy atom. The zero-order valence-corrected chi connectivity index (χ0v) is 18.4. The van der Waals surface area contributed by atoms with Crippen LogP contribution in [-0.2, 0) is 10.2 Å². The van der Waals surface area contributed by atoms with Crippen molar-refractivity contribution in [1.29, 1.82) is 0 Å². The molecule has 32 heavy (non-hydrogen) atoms. The predicted molar refractivity (Wildman–Crippen MR) is 121 cm³/mol. The minimum Gasteiger partial charge on any atom is -0.391 e. The second-order valence-electron chi connectivity index (χ2n) is 8.71. The summed E-state index contributed by atoms with van der Waals surface area (Å²) in [5, 5.41) is 24.6. The molecule has 0 bridgehead atoms. The van der Waals surface area contributed by atoms with E-state index in [1.807, 2.05) is 18.2 Å². The lowest BCUT2D eigenvalue weighted by Crippen LogP contribution is -2.44. The highest BCUT2D eigenvalue weighted by molar-refractivity contribution is 5.97. The number of hydrogen-bond acceptors (Lipinski definition) is 5. The highest BCUT2D eigenvalue weighted by Gasteiger charge is 2.40. The van der Waals surface area contributed by atoms with Gasteiger partial charge in [0.25, 0.3) is 5.91 Å². The van der Waals surface area contributed by atoms with Crippen molar-refractivity contribution >= 4 is 22.8 Å². The van der Waals surface area contributed by atoms with Crippen LogP contribution in [0.2, 0.25) is 0 Å². The summed E-state index contributed by atoms with van der Waals surface area (Å²) in [5.74, 6) is -0.231. The minimum atomic E-state index is -0.650. The molecule has 3 aromatic rings. The Morgan fingerprint density at radius 3 is 2.59 bits per heavy atom. The van der Waals surface area contributed by atoms with Crippen LogP contribution in [0.25, 0.3) is 11.0 Å². The number of nitrogens with zero attached hydrogens (tertiary/aromatic N) is 3. The number of hydrogen-bond donors (Lipinski definition) is 3. The molecule has 1 aliphatic carbocycles. The number of benzene rings is 2. The van der Waals surface area contributed by atoms with Gasteiger partial charge in [0.05, 0.1) is 12.1 Å². The summed E-state index contributed by atoms with van der Waals surface area (Å²) in [7, 11) is 1.74. The number of carbonyl (C=O) groups is 2. The average Bonchev–Trinajstić information content (AvgIpc) is 3.21. The molecule has 0 unspecified atom stereocenters. The van der Waals surface area contributed by atoms with Crippen molar-refractivity contribution in [3.8, 4) is 0 Å². The molecule has 0 radical (unpaired) electrons. The van der Waals surface area contributed by atoms with Gasteiger partial charge in [-0.1, -0.05) is 30.3 Å². The molecular weight excluding hydrogens is 406 g/mol. The number of aromatic amines is 1. The van der Waals surface area contributed by atoms with E-state index in [9.17, 15) is 14.7 Å². The van der Waals surface area contributed by atoms with Gasteiger partial charge < -0.3 is 15.3 Å². The van der Waals surface area contributed by atoms with Gasteiger partial charge in [-0.25, -0.2) is 0 Å². The van der Waals surface area contributed by atoms with Crippen LogP contribution >= 0.6 is 0 Å². The summed E-state index contributed by atoms with van der Waals surface area (Å²) < 4.78 is 0. The quantitative estimate of drug-likeness (QED) is 0.533. The van der Waals surface area contributed by atoms with E-state index in [1.165, 1.54) is 6.92 Å². The van der Waals surface area contributed by atoms with Crippen molar-refractivity contribution in [1.82, 2.24) is 25.6 Å². The zero-order chi connectivity index (χ0) is 22.7. The van der Waals surface area contributed by atoms with Crippen molar-refractivity contribution in [2.24, 2.45) is 0 Å². The molecule has 3 atom stereocenters. The van der Waals surface area contributed by atoms with Gasteiger partial charge in [0.1, 0.15) is 11.0 Å². The fourth-order valence-electron chi connectivity index (χ4n) is 4.79. The summed E-state index contributed by atoms with van der Waals surface area (Å²) in [6.07, 6.45) is 1.99. The molecule has 3 N–H and O–H groups in total. The van der Waals surface area contributed by atoms with Crippen molar-refractivity contribution in [2.75, 3.05) is 13.6 Å². The first-order chi connectivity index (χ1) is 15.4. The van der Waals surface area contributed by atoms with Gasteiger partial charge >= 0.3 is 0 Å². The van der Waals surface area contributed by atoms with Crippen LogP contribution in [-0.4, -0.2) is 63.0 Å². The SMILES string of the molecule is CC(=O)NC[C@]1(c2ccccc2)CC[C@H](O)[C@@H](N(C)C(=O)c2ccc3n[nH]nc3c2)CC1. The summed E-state index contributed by atoms with van der Waals surface area (Å²) in [6, 6.07) is 15.0. The maximum Gasteiger partial charge on any atom is 0.254 e. The van der Waals surface area contributed by atoms with E-state index in [1.54, 1.807) is 30.1 Å². The summed E-state index contributed by atoms with van der Waals surface area (Å²) >= 11 is 0. The molecule has 8 heteroatoms. The summed E-state index contributed by atoms with van der Waals surface area (Å²) in [6.45, 7) is 2.03. The van der Waals surface area contributed by atoms with Gasteiger partial charge in [0.2, 0.25) is 5.91 Å². The molecule has 1 heterocycles. The lowest BCUT2D eigenvalue weighted by molar-refractivity contribution is -0.119. The van der Waals surface area contributed by atoms with Gasteiger partial charge in [-0.15, -0.1) is 0 Å². The van der Waals surface area contributed by atoms with Crippen molar-refractivity contribution in [3.63, 3.8) is 0 Å². The van der Waals surface area contributed by atoms with Crippen LogP contribution in [0.5, 0.6) is 0 Å². The smallest absolute Gasteiger partial charge is 0.254 e. The van der Waals surface area contributed by atoms with E-state index < -0.39 is 6.10 Å². The number of aliphatic hydroxyl groups is 1. The molecule has 0 saturated heterocycles. The van der Waals surface area contributed by atoms with Gasteiger partial charge in [-0.3, -0.25) is 9.59 Å². The van der Waals surface area contributed by atoms with Gasteiger partial charge in [-0.2, -0.15) is 15.4 Å². The maximum absolute atomic E-state index is 13.2. The Bertz CT molecular complexity index is 1100. The third-order valence-corrected chi connectivity index (χ3v) is 6.72. The third kappa shape index (κ3) is 4.36. The van der Waals surface area contributed by atoms with Crippen LogP contribution < -0.4 is 5.32 Å². The Balaban J connectivity index is 1.56. The molecule has 1 fully saturated rings. The lowest BCUT2D eigenvalue weighted by atomic mass is 9.74. The highest BCUT2D eigenvalue weighted by atomic mass is 16.3. The number of nitrogens with one attached hydrogen (secondary N) is 2. The average molecular weight is 436 g/mol. The van der Waals surface area contributed by atoms with E-state index >= 15 is 0 Å².